The van der Waals surface area contributed by atoms with Gasteiger partial charge in [-0.25, -0.2) is 0 Å². The monoisotopic (exact) mass is 552 g/mol. The van der Waals surface area contributed by atoms with Crippen molar-refractivity contribution in [2.45, 2.75) is 102 Å². The molecule has 218 valence electrons. The van der Waals surface area contributed by atoms with Crippen LogP contribution in [0.1, 0.15) is 65.5 Å². The molecular formula is C29H52N2O6Si. The fraction of sp³-hybridized carbons (Fsp3) is 0.828. The van der Waals surface area contributed by atoms with Crippen molar-refractivity contribution in [2.75, 3.05) is 47.7 Å². The van der Waals surface area contributed by atoms with Crippen molar-refractivity contribution in [2.24, 2.45) is 5.92 Å². The number of aromatic nitrogens is 1. The lowest BCUT2D eigenvalue weighted by molar-refractivity contribution is -0.244. The quantitative estimate of drug-likeness (QED) is 0.231. The maximum atomic E-state index is 6.59. The second kappa shape index (κ2) is 14.0. The van der Waals surface area contributed by atoms with Crippen LogP contribution in [0, 0.1) is 5.92 Å². The molecule has 0 amide bonds. The van der Waals surface area contributed by atoms with Gasteiger partial charge < -0.3 is 28.1 Å². The average Bonchev–Trinajstić information content (AvgIpc) is 2.85. The summed E-state index contributed by atoms with van der Waals surface area (Å²) in [4.78, 5) is 6.91. The molecule has 2 aliphatic rings. The van der Waals surface area contributed by atoms with Crippen LogP contribution in [-0.2, 0) is 29.8 Å². The molecule has 0 bridgehead atoms. The Hall–Kier alpha value is -1.07. The van der Waals surface area contributed by atoms with Gasteiger partial charge in [0.05, 0.1) is 12.7 Å². The summed E-state index contributed by atoms with van der Waals surface area (Å²) in [7, 11) is 1.48. The number of ether oxygens (including phenoxy) is 5. The Labute approximate surface area is 231 Å². The zero-order chi connectivity index (χ0) is 27.8. The molecule has 1 aliphatic heterocycles. The molecule has 0 spiro atoms. The summed E-state index contributed by atoms with van der Waals surface area (Å²) >= 11 is 0. The maximum Gasteiger partial charge on any atom is 0.191 e. The smallest absolute Gasteiger partial charge is 0.191 e. The number of hydrogen-bond donors (Lipinski definition) is 0. The van der Waals surface area contributed by atoms with Crippen LogP contribution in [0.5, 0.6) is 5.75 Å². The molecule has 0 radical (unpaired) electrons. The average molecular weight is 553 g/mol. The number of pyridine rings is 1. The second-order valence-electron chi connectivity index (χ2n) is 12.7. The van der Waals surface area contributed by atoms with E-state index in [9.17, 15) is 0 Å². The zero-order valence-electron chi connectivity index (χ0n) is 25.1. The molecule has 2 heterocycles. The van der Waals surface area contributed by atoms with Crippen LogP contribution in [-0.4, -0.2) is 83.6 Å². The van der Waals surface area contributed by atoms with E-state index in [2.05, 4.69) is 51.8 Å². The molecule has 1 aliphatic carbocycles. The summed E-state index contributed by atoms with van der Waals surface area (Å²) in [5, 5.41) is 0.152. The van der Waals surface area contributed by atoms with E-state index in [0.29, 0.717) is 33.1 Å². The van der Waals surface area contributed by atoms with E-state index in [0.717, 1.165) is 36.6 Å². The van der Waals surface area contributed by atoms with Gasteiger partial charge in [0.15, 0.2) is 8.32 Å². The van der Waals surface area contributed by atoms with E-state index in [1.807, 2.05) is 12.3 Å². The molecule has 9 heteroatoms. The van der Waals surface area contributed by atoms with Crippen LogP contribution < -0.4 is 4.74 Å². The van der Waals surface area contributed by atoms with E-state index >= 15 is 0 Å². The van der Waals surface area contributed by atoms with Crippen LogP contribution in [0.3, 0.4) is 0 Å². The second-order valence-corrected chi connectivity index (χ2v) is 17.5. The first-order valence-electron chi connectivity index (χ1n) is 14.2. The summed E-state index contributed by atoms with van der Waals surface area (Å²) in [5.74, 6) is 1.67. The fourth-order valence-corrected chi connectivity index (χ4v) is 6.30. The highest BCUT2D eigenvalue weighted by Gasteiger charge is 2.47. The fourth-order valence-electron chi connectivity index (χ4n) is 5.24. The molecule has 1 aromatic heterocycles. The highest BCUT2D eigenvalue weighted by Crippen LogP contribution is 2.38. The summed E-state index contributed by atoms with van der Waals surface area (Å²) in [6.45, 7) is 15.9. The van der Waals surface area contributed by atoms with E-state index in [-0.39, 0.29) is 24.0 Å². The summed E-state index contributed by atoms with van der Waals surface area (Å²) in [6, 6.07) is 4.03. The lowest BCUT2D eigenvalue weighted by Gasteiger charge is -2.49. The van der Waals surface area contributed by atoms with Crippen molar-refractivity contribution < 1.29 is 28.1 Å². The minimum absolute atomic E-state index is 0.00215. The molecule has 3 rings (SSSR count). The Morgan fingerprint density at radius 3 is 2.53 bits per heavy atom. The maximum absolute atomic E-state index is 6.59. The van der Waals surface area contributed by atoms with Gasteiger partial charge in [-0.05, 0) is 62.2 Å². The minimum atomic E-state index is -1.88. The molecule has 0 N–H and O–H groups in total. The number of methoxy groups -OCH3 is 2. The Morgan fingerprint density at radius 1 is 1.13 bits per heavy atom. The van der Waals surface area contributed by atoms with Gasteiger partial charge in [-0.1, -0.05) is 27.7 Å². The normalized spacial score (nSPS) is 27.4. The topological polar surface area (TPSA) is 71.5 Å². The van der Waals surface area contributed by atoms with E-state index < -0.39 is 13.9 Å². The highest BCUT2D eigenvalue weighted by molar-refractivity contribution is 6.74. The van der Waals surface area contributed by atoms with Gasteiger partial charge >= 0.3 is 0 Å². The van der Waals surface area contributed by atoms with Crippen molar-refractivity contribution in [1.82, 2.24) is 9.88 Å². The Morgan fingerprint density at radius 2 is 1.87 bits per heavy atom. The van der Waals surface area contributed by atoms with Crippen molar-refractivity contribution in [3.63, 3.8) is 0 Å². The van der Waals surface area contributed by atoms with Crippen LogP contribution in [0.2, 0.25) is 18.1 Å². The Kier molecular flexibility index (Phi) is 11.6. The molecule has 8 nitrogen and oxygen atoms in total. The molecule has 2 fully saturated rings. The molecule has 0 unspecified atom stereocenters. The molecule has 0 aromatic carbocycles. The van der Waals surface area contributed by atoms with Crippen LogP contribution in [0.15, 0.2) is 18.3 Å². The third kappa shape index (κ3) is 8.46. The van der Waals surface area contributed by atoms with Gasteiger partial charge in [0.1, 0.15) is 31.6 Å². The van der Waals surface area contributed by atoms with Crippen molar-refractivity contribution in [3.05, 3.63) is 24.0 Å². The van der Waals surface area contributed by atoms with Gasteiger partial charge in [0.2, 0.25) is 0 Å². The lowest BCUT2D eigenvalue weighted by atomic mass is 9.85. The molecular weight excluding hydrogens is 500 g/mol. The number of nitrogens with zero attached hydrogens (tertiary/aromatic N) is 2. The van der Waals surface area contributed by atoms with Crippen molar-refractivity contribution in [3.8, 4) is 5.75 Å². The number of rotatable bonds is 13. The third-order valence-corrected chi connectivity index (χ3v) is 13.1. The summed E-state index contributed by atoms with van der Waals surface area (Å²) in [5.41, 5.74) is 0.246. The predicted octanol–water partition coefficient (Wildman–Crippen LogP) is 5.62. The lowest BCUT2D eigenvalue weighted by Crippen LogP contribution is -2.63. The first-order chi connectivity index (χ1) is 18.0. The first kappa shape index (κ1) is 31.5. The molecule has 1 saturated carbocycles. The summed E-state index contributed by atoms with van der Waals surface area (Å²) < 4.78 is 36.5. The zero-order valence-corrected chi connectivity index (χ0v) is 26.1. The Bertz CT molecular complexity index is 841. The van der Waals surface area contributed by atoms with Gasteiger partial charge in [-0.2, -0.15) is 0 Å². The highest BCUT2D eigenvalue weighted by atomic mass is 28.4. The van der Waals surface area contributed by atoms with E-state index in [1.165, 1.54) is 12.8 Å². The molecule has 2 atom stereocenters. The minimum Gasteiger partial charge on any atom is -0.490 e. The SMILES string of the molecule is COCO[C@@]1(Cc2cc(OC3CCC(C)CC3)ccn2)COCN(COC)[C@H]1CCO[Si](C)(C)C(C)(C)C. The van der Waals surface area contributed by atoms with E-state index in [4.69, 9.17) is 33.1 Å². The molecule has 38 heavy (non-hydrogen) atoms. The standard InChI is InChI=1S/C29H52N2O6Si/c1-23-9-11-25(12-10-23)37-26-13-15-30-24(17-26)18-29(35-22-33-6)19-34-21-31(20-32-5)27(29)14-16-36-38(7,8)28(2,3)4/h13,15,17,23,25,27H,9-12,14,16,18-22H2,1-8H3/t23?,25?,27-,29-/m0/s1. The number of hydrogen-bond acceptors (Lipinski definition) is 8. The van der Waals surface area contributed by atoms with Gasteiger partial charge in [-0.3, -0.25) is 9.88 Å². The Balaban J connectivity index is 1.81. The van der Waals surface area contributed by atoms with Crippen molar-refractivity contribution in [1.29, 1.82) is 0 Å². The molecule has 1 aromatic rings. The van der Waals surface area contributed by atoms with Crippen LogP contribution >= 0.6 is 0 Å². The molecule has 1 saturated heterocycles. The van der Waals surface area contributed by atoms with Crippen molar-refractivity contribution >= 4 is 8.32 Å². The van der Waals surface area contributed by atoms with Gasteiger partial charge in [0.25, 0.3) is 0 Å². The predicted molar refractivity (Wildman–Crippen MR) is 152 cm³/mol. The first-order valence-corrected chi connectivity index (χ1v) is 17.1. The van der Waals surface area contributed by atoms with Crippen LogP contribution in [0.4, 0.5) is 0 Å². The van der Waals surface area contributed by atoms with E-state index in [1.54, 1.807) is 14.2 Å². The third-order valence-electron chi connectivity index (χ3n) is 8.61. The van der Waals surface area contributed by atoms with Crippen LogP contribution in [0.25, 0.3) is 0 Å². The van der Waals surface area contributed by atoms with Gasteiger partial charge in [-0.15, -0.1) is 0 Å². The summed E-state index contributed by atoms with van der Waals surface area (Å²) in [6.07, 6.45) is 8.14. The van der Waals surface area contributed by atoms with Gasteiger partial charge in [0, 0.05) is 51.2 Å². The largest absolute Gasteiger partial charge is 0.490 e.